The first-order valence-corrected chi connectivity index (χ1v) is 16.5. The molecule has 2 aromatic heterocycles. The van der Waals surface area contributed by atoms with E-state index in [9.17, 15) is 5.21 Å². The Hall–Kier alpha value is -1.21. The molecule has 0 aliphatic heterocycles. The number of halogens is 1. The molecule has 0 atom stereocenters. The normalized spacial score (nSPS) is 11.0. The Morgan fingerprint density at radius 2 is 0.900 bits per heavy atom. The summed E-state index contributed by atoms with van der Waals surface area (Å²) in [6, 6.07) is 8.43. The first-order valence-electron chi connectivity index (χ1n) is 16.5. The maximum Gasteiger partial charge on any atom is 0.183 e. The minimum absolute atomic E-state index is 0. The second kappa shape index (κ2) is 26.7. The SMILES string of the molecule is [I-].[O-][n+]1cccc(CCCCCCCCCCC[n+]2cccc(CCCCCCCCCCCCCCO)c2)c1. The van der Waals surface area contributed by atoms with Crippen LogP contribution in [0.3, 0.4) is 0 Å². The smallest absolute Gasteiger partial charge is 0.183 e. The molecule has 2 rings (SSSR count). The molecule has 0 saturated heterocycles. The third-order valence-corrected chi connectivity index (χ3v) is 8.01. The minimum Gasteiger partial charge on any atom is -1.00 e. The van der Waals surface area contributed by atoms with E-state index < -0.39 is 0 Å². The molecule has 0 saturated carbocycles. The van der Waals surface area contributed by atoms with Gasteiger partial charge in [-0.15, -0.1) is 0 Å². The summed E-state index contributed by atoms with van der Waals surface area (Å²) in [6.07, 6.45) is 37.8. The topological polar surface area (TPSA) is 51.0 Å². The Bertz CT molecular complexity index is 833. The number of nitrogens with zero attached hydrogens (tertiary/aromatic N) is 2. The highest BCUT2D eigenvalue weighted by atomic mass is 127. The number of aromatic nitrogens is 2. The summed E-state index contributed by atoms with van der Waals surface area (Å²) in [5.41, 5.74) is 2.66. The third-order valence-electron chi connectivity index (χ3n) is 8.01. The highest BCUT2D eigenvalue weighted by Gasteiger charge is 2.04. The summed E-state index contributed by atoms with van der Waals surface area (Å²) in [5, 5.41) is 20.1. The third kappa shape index (κ3) is 20.6. The Balaban J connectivity index is 0.00000800. The van der Waals surface area contributed by atoms with E-state index in [1.807, 2.05) is 6.07 Å². The largest absolute Gasteiger partial charge is 1.00 e. The minimum atomic E-state index is 0. The number of aryl methyl sites for hydroxylation is 3. The molecule has 4 nitrogen and oxygen atoms in total. The van der Waals surface area contributed by atoms with Crippen molar-refractivity contribution in [2.24, 2.45) is 0 Å². The first-order chi connectivity index (χ1) is 19.3. The van der Waals surface area contributed by atoms with Crippen LogP contribution in [0.5, 0.6) is 0 Å². The van der Waals surface area contributed by atoms with Crippen LogP contribution in [0.25, 0.3) is 0 Å². The summed E-state index contributed by atoms with van der Waals surface area (Å²) < 4.78 is 3.31. The predicted molar refractivity (Wildman–Crippen MR) is 163 cm³/mol. The lowest BCUT2D eigenvalue weighted by Crippen LogP contribution is -3.00. The van der Waals surface area contributed by atoms with Crippen molar-refractivity contribution in [1.82, 2.24) is 0 Å². The molecule has 228 valence electrons. The van der Waals surface area contributed by atoms with E-state index in [2.05, 4.69) is 35.2 Å². The second-order valence-electron chi connectivity index (χ2n) is 11.7. The average molecular weight is 667 g/mol. The lowest BCUT2D eigenvalue weighted by molar-refractivity contribution is -0.697. The molecule has 5 heteroatoms. The van der Waals surface area contributed by atoms with Gasteiger partial charge < -0.3 is 34.3 Å². The van der Waals surface area contributed by atoms with Gasteiger partial charge >= 0.3 is 0 Å². The number of aliphatic hydroxyl groups excluding tert-OH is 1. The fraction of sp³-hybridized carbons (Fsp3) is 0.714. The fourth-order valence-corrected chi connectivity index (χ4v) is 5.58. The predicted octanol–water partition coefficient (Wildman–Crippen LogP) is 5.58. The molecule has 0 fully saturated rings. The Morgan fingerprint density at radius 1 is 0.500 bits per heavy atom. The maximum atomic E-state index is 11.3. The molecule has 0 aliphatic rings. The number of hydrogen-bond donors (Lipinski definition) is 1. The van der Waals surface area contributed by atoms with E-state index >= 15 is 0 Å². The van der Waals surface area contributed by atoms with Crippen LogP contribution in [0.15, 0.2) is 49.1 Å². The zero-order valence-corrected chi connectivity index (χ0v) is 27.6. The van der Waals surface area contributed by atoms with Gasteiger partial charge in [-0.1, -0.05) is 103 Å². The Kier molecular flexibility index (Phi) is 24.6. The van der Waals surface area contributed by atoms with Gasteiger partial charge in [-0.05, 0) is 50.7 Å². The van der Waals surface area contributed by atoms with Crippen LogP contribution >= 0.6 is 0 Å². The highest BCUT2D eigenvalue weighted by molar-refractivity contribution is 5.05. The Morgan fingerprint density at radius 3 is 1.38 bits per heavy atom. The summed E-state index contributed by atoms with van der Waals surface area (Å²) in [4.78, 5) is 0. The molecule has 0 bridgehead atoms. The van der Waals surface area contributed by atoms with Gasteiger partial charge in [-0.25, -0.2) is 4.57 Å². The van der Waals surface area contributed by atoms with Crippen molar-refractivity contribution in [3.63, 3.8) is 0 Å². The molecule has 0 unspecified atom stereocenters. The molecule has 2 aromatic rings. The maximum absolute atomic E-state index is 11.3. The van der Waals surface area contributed by atoms with Gasteiger partial charge in [0.05, 0.1) is 0 Å². The number of hydrogen-bond acceptors (Lipinski definition) is 2. The van der Waals surface area contributed by atoms with Gasteiger partial charge in [0.25, 0.3) is 0 Å². The van der Waals surface area contributed by atoms with Crippen LogP contribution in [0, 0.1) is 5.21 Å². The summed E-state index contributed by atoms with van der Waals surface area (Å²) >= 11 is 0. The van der Waals surface area contributed by atoms with Crippen molar-refractivity contribution in [1.29, 1.82) is 0 Å². The van der Waals surface area contributed by atoms with Gasteiger partial charge in [-0.2, -0.15) is 4.73 Å². The lowest BCUT2D eigenvalue weighted by atomic mass is 10.0. The summed E-state index contributed by atoms with van der Waals surface area (Å²) in [7, 11) is 0. The molecule has 2 heterocycles. The number of aliphatic hydroxyl groups is 1. The van der Waals surface area contributed by atoms with Gasteiger partial charge in [0, 0.05) is 36.3 Å². The summed E-state index contributed by atoms with van der Waals surface area (Å²) in [6.45, 7) is 1.51. The molecule has 0 amide bonds. The molecule has 0 spiro atoms. The van der Waals surface area contributed by atoms with Crippen molar-refractivity contribution in [3.05, 3.63) is 65.4 Å². The van der Waals surface area contributed by atoms with Crippen molar-refractivity contribution >= 4 is 0 Å². The van der Waals surface area contributed by atoms with Crippen molar-refractivity contribution in [3.8, 4) is 0 Å². The molecular formula is C35H59IN2O2. The second-order valence-corrected chi connectivity index (χ2v) is 11.7. The molecule has 40 heavy (non-hydrogen) atoms. The Labute approximate surface area is 263 Å². The molecule has 0 aliphatic carbocycles. The lowest BCUT2D eigenvalue weighted by Gasteiger charge is -2.04. The molecule has 0 radical (unpaired) electrons. The van der Waals surface area contributed by atoms with E-state index in [4.69, 9.17) is 5.11 Å². The quantitative estimate of drug-likeness (QED) is 0.0617. The zero-order valence-electron chi connectivity index (χ0n) is 25.4. The van der Waals surface area contributed by atoms with Crippen LogP contribution in [-0.4, -0.2) is 11.7 Å². The highest BCUT2D eigenvalue weighted by Crippen LogP contribution is 2.14. The van der Waals surface area contributed by atoms with Crippen molar-refractivity contribution in [2.75, 3.05) is 6.61 Å². The average Bonchev–Trinajstić information content (AvgIpc) is 2.94. The van der Waals surface area contributed by atoms with E-state index in [0.717, 1.165) is 29.7 Å². The van der Waals surface area contributed by atoms with Crippen LogP contribution in [0.2, 0.25) is 0 Å². The number of unbranched alkanes of at least 4 members (excludes halogenated alkanes) is 19. The fourth-order valence-electron chi connectivity index (χ4n) is 5.58. The summed E-state index contributed by atoms with van der Waals surface area (Å²) in [5.74, 6) is 0. The van der Waals surface area contributed by atoms with Gasteiger partial charge in [0.1, 0.15) is 6.54 Å². The van der Waals surface area contributed by atoms with Crippen LogP contribution in [0.1, 0.15) is 146 Å². The van der Waals surface area contributed by atoms with E-state index in [0.29, 0.717) is 6.61 Å². The van der Waals surface area contributed by atoms with Gasteiger partial charge in [0.2, 0.25) is 0 Å². The molecule has 0 aromatic carbocycles. The number of rotatable bonds is 26. The standard InChI is InChI=1S/C35H59N2O2.HI/c38-31-21-17-13-9-4-2-1-3-6-10-14-18-24-34-26-22-29-36(32-34)28-20-16-12-8-5-7-11-15-19-25-35-27-23-30-37(39)33-35;/h22-23,26-27,29-30,32-33,38H,1-21,24-25,28,31H2;1H/q+1;/p-1. The van der Waals surface area contributed by atoms with Gasteiger partial charge in [0.15, 0.2) is 24.8 Å². The van der Waals surface area contributed by atoms with E-state index in [1.54, 1.807) is 12.4 Å². The van der Waals surface area contributed by atoms with E-state index in [-0.39, 0.29) is 24.0 Å². The monoisotopic (exact) mass is 666 g/mol. The molecular weight excluding hydrogens is 607 g/mol. The van der Waals surface area contributed by atoms with Crippen LogP contribution < -0.4 is 33.3 Å². The van der Waals surface area contributed by atoms with Gasteiger partial charge in [-0.3, -0.25) is 0 Å². The van der Waals surface area contributed by atoms with Crippen molar-refractivity contribution in [2.45, 2.75) is 154 Å². The number of pyridine rings is 2. The van der Waals surface area contributed by atoms with Crippen LogP contribution in [0.4, 0.5) is 0 Å². The molecule has 1 N–H and O–H groups in total. The van der Waals surface area contributed by atoms with Crippen LogP contribution in [-0.2, 0) is 19.4 Å². The first kappa shape index (κ1) is 36.8. The van der Waals surface area contributed by atoms with Crippen molar-refractivity contribution < 1.29 is 38.4 Å². The van der Waals surface area contributed by atoms with E-state index in [1.165, 1.54) is 140 Å². The zero-order chi connectivity index (χ0) is 27.6.